The summed E-state index contributed by atoms with van der Waals surface area (Å²) in [5.74, 6) is -9.66. The second-order valence-electron chi connectivity index (χ2n) is 17.3. The Labute approximate surface area is 424 Å². The Bertz CT molecular complexity index is 2250. The molecule has 2 fully saturated rings. The van der Waals surface area contributed by atoms with E-state index in [-0.39, 0.29) is 43.7 Å². The minimum atomic E-state index is -1.76. The Morgan fingerprint density at radius 2 is 1.21 bits per heavy atom. The fourth-order valence-corrected chi connectivity index (χ4v) is 10.0. The molecule has 8 atom stereocenters. The van der Waals surface area contributed by atoms with Gasteiger partial charge in [0.15, 0.2) is 0 Å². The van der Waals surface area contributed by atoms with Crippen molar-refractivity contribution in [2.75, 3.05) is 31.1 Å². The third kappa shape index (κ3) is 19.1. The number of nitrogens with one attached hydrogen (secondary N) is 7. The van der Waals surface area contributed by atoms with Crippen LogP contribution in [0.1, 0.15) is 62.5 Å². The van der Waals surface area contributed by atoms with Crippen LogP contribution in [0.25, 0.3) is 0 Å². The Balaban J connectivity index is 1.70. The Morgan fingerprint density at radius 1 is 0.667 bits per heavy atom. The van der Waals surface area contributed by atoms with Crippen molar-refractivity contribution in [2.24, 2.45) is 28.7 Å². The van der Waals surface area contributed by atoms with Crippen LogP contribution in [-0.2, 0) is 65.6 Å². The van der Waals surface area contributed by atoms with Gasteiger partial charge in [-0.25, -0.2) is 0 Å². The van der Waals surface area contributed by atoms with Crippen molar-refractivity contribution in [3.63, 3.8) is 0 Å². The molecule has 0 radical (unpaired) electrons. The molecule has 2 aliphatic rings. The molecule has 0 spiro atoms. The zero-order chi connectivity index (χ0) is 52.7. The summed E-state index contributed by atoms with van der Waals surface area (Å²) in [6.45, 7) is -0.121. The van der Waals surface area contributed by atoms with Gasteiger partial charge in [0.2, 0.25) is 65.0 Å². The number of likely N-dealkylation sites (tertiary alicyclic amines) is 1. The van der Waals surface area contributed by atoms with E-state index in [2.05, 4.69) is 37.2 Å². The highest BCUT2D eigenvalue weighted by Gasteiger charge is 2.40. The summed E-state index contributed by atoms with van der Waals surface area (Å²) in [6.07, 6.45) is -0.141. The number of carbonyl (C=O) groups is 11. The summed E-state index contributed by atoms with van der Waals surface area (Å²) < 4.78 is 0. The third-order valence-corrected chi connectivity index (χ3v) is 14.0. The molecule has 2 saturated heterocycles. The predicted molar refractivity (Wildman–Crippen MR) is 267 cm³/mol. The molecule has 11 amide bonds. The van der Waals surface area contributed by atoms with E-state index in [4.69, 9.17) is 28.7 Å². The molecule has 17 N–H and O–H groups in total. The molecule has 4 rings (SSSR count). The van der Waals surface area contributed by atoms with Crippen molar-refractivity contribution in [1.29, 1.82) is 0 Å². The molecule has 2 aliphatic heterocycles. The van der Waals surface area contributed by atoms with Crippen LogP contribution in [0.3, 0.4) is 0 Å². The van der Waals surface area contributed by atoms with Crippen LogP contribution < -0.4 is 65.9 Å². The number of hydrogen-bond donors (Lipinski definition) is 12. The van der Waals surface area contributed by atoms with Crippen LogP contribution >= 0.6 is 21.6 Å². The van der Waals surface area contributed by atoms with Crippen molar-refractivity contribution in [3.8, 4) is 0 Å². The lowest BCUT2D eigenvalue weighted by atomic mass is 10.0. The first-order valence-electron chi connectivity index (χ1n) is 23.4. The van der Waals surface area contributed by atoms with Crippen LogP contribution in [0.5, 0.6) is 0 Å². The molecule has 2 heterocycles. The fourth-order valence-electron chi connectivity index (χ4n) is 7.77. The van der Waals surface area contributed by atoms with E-state index in [1.54, 1.807) is 60.7 Å². The Kier molecular flexibility index (Phi) is 23.7. The van der Waals surface area contributed by atoms with Gasteiger partial charge in [0.05, 0.1) is 19.0 Å². The van der Waals surface area contributed by atoms with Gasteiger partial charge < -0.3 is 70.8 Å². The SMILES string of the molecule is NCCCC[C@H](NC(=O)[C@@H]1CCCN1C(=O)C1CSSC[C@H](N)C(=O)NC(Cc2ccccc2)C(=O)N[C@@H](Cc2ccccc2)C(=O)N[C@@H](CCC(N)=O)C(=O)NC(CC(N)=O)C(=O)N1)C(=O)NCC(N)=O. The molecule has 0 bridgehead atoms. The van der Waals surface area contributed by atoms with E-state index < -0.39 is 139 Å². The van der Waals surface area contributed by atoms with E-state index in [1.165, 1.54) is 4.90 Å². The first-order valence-corrected chi connectivity index (χ1v) is 25.9. The van der Waals surface area contributed by atoms with Crippen LogP contribution in [0, 0.1) is 0 Å². The quantitative estimate of drug-likeness (QED) is 0.0471. The van der Waals surface area contributed by atoms with Crippen molar-refractivity contribution in [3.05, 3.63) is 71.8 Å². The average molecular weight is 1040 g/mol. The highest BCUT2D eigenvalue weighted by atomic mass is 33.1. The minimum Gasteiger partial charge on any atom is -0.370 e. The molecule has 26 heteroatoms. The molecule has 2 aromatic carbocycles. The normalized spacial score (nSPS) is 23.2. The molecule has 24 nitrogen and oxygen atoms in total. The van der Waals surface area contributed by atoms with E-state index >= 15 is 0 Å². The Morgan fingerprint density at radius 3 is 1.78 bits per heavy atom. The van der Waals surface area contributed by atoms with Crippen LogP contribution in [0.4, 0.5) is 0 Å². The van der Waals surface area contributed by atoms with Gasteiger partial charge in [-0.2, -0.15) is 0 Å². The topological polar surface area (TPSA) is 405 Å². The maximum Gasteiger partial charge on any atom is 0.246 e. The number of nitrogens with two attached hydrogens (primary N) is 5. The summed E-state index contributed by atoms with van der Waals surface area (Å²) in [6, 6.07) is 6.36. The maximum absolute atomic E-state index is 14.6. The van der Waals surface area contributed by atoms with Gasteiger partial charge in [-0.05, 0) is 56.2 Å². The number of rotatable bonds is 19. The van der Waals surface area contributed by atoms with E-state index in [9.17, 15) is 52.7 Å². The third-order valence-electron chi connectivity index (χ3n) is 11.6. The number of carbonyl (C=O) groups excluding carboxylic acids is 11. The van der Waals surface area contributed by atoms with Gasteiger partial charge >= 0.3 is 0 Å². The Hall–Kier alpha value is -6.77. The average Bonchev–Trinajstić information content (AvgIpc) is 3.84. The van der Waals surface area contributed by atoms with E-state index in [1.807, 2.05) is 0 Å². The van der Waals surface area contributed by atoms with Gasteiger partial charge in [-0.15, -0.1) is 0 Å². The number of benzene rings is 2. The van der Waals surface area contributed by atoms with E-state index in [0.29, 0.717) is 36.9 Å². The lowest BCUT2D eigenvalue weighted by molar-refractivity contribution is -0.142. The summed E-state index contributed by atoms with van der Waals surface area (Å²) >= 11 is 0. The largest absolute Gasteiger partial charge is 0.370 e. The molecule has 0 saturated carbocycles. The standard InChI is InChI=1S/C46H65N13O11S2/c47-18-8-7-14-29(40(64)52-23-38(51)62)54-45(69)35-15-9-19-59(35)46(70)34-25-72-71-24-28(48)39(63)55-31(20-26-10-3-1-4-11-26)43(67)56-32(21-27-12-5-2-6-13-27)42(66)53-30(16-17-36(49)60)41(65)57-33(22-37(50)61)44(68)58-34/h1-6,10-13,28-35H,7-9,14-25,47-48H2,(H2,49,60)(H2,50,61)(H2,51,62)(H,52,64)(H,53,66)(H,54,69)(H,55,63)(H,56,67)(H,57,65)(H,58,68)/t28-,29-,30-,31?,32-,33?,34?,35-/m0/s1. The summed E-state index contributed by atoms with van der Waals surface area (Å²) in [5, 5.41) is 18.0. The van der Waals surface area contributed by atoms with E-state index in [0.717, 1.165) is 21.6 Å². The minimum absolute atomic E-state index is 0.0198. The van der Waals surface area contributed by atoms with Crippen molar-refractivity contribution >= 4 is 86.6 Å². The maximum atomic E-state index is 14.6. The van der Waals surface area contributed by atoms with Crippen LogP contribution in [0.15, 0.2) is 60.7 Å². The van der Waals surface area contributed by atoms with Gasteiger partial charge in [-0.1, -0.05) is 82.3 Å². The monoisotopic (exact) mass is 1040 g/mol. The summed E-state index contributed by atoms with van der Waals surface area (Å²) in [7, 11) is 2.07. The second-order valence-corrected chi connectivity index (χ2v) is 19.8. The molecule has 0 aromatic heterocycles. The van der Waals surface area contributed by atoms with Gasteiger partial charge in [0.1, 0.15) is 42.3 Å². The lowest BCUT2D eigenvalue weighted by Crippen LogP contribution is -2.61. The number of nitrogens with zero attached hydrogens (tertiary/aromatic N) is 1. The molecule has 2 aromatic rings. The number of hydrogen-bond acceptors (Lipinski definition) is 15. The first-order chi connectivity index (χ1) is 34.4. The predicted octanol–water partition coefficient (Wildman–Crippen LogP) is -4.03. The first kappa shape index (κ1) is 57.8. The van der Waals surface area contributed by atoms with Gasteiger partial charge in [0.25, 0.3) is 0 Å². The van der Waals surface area contributed by atoms with Crippen molar-refractivity contribution < 1.29 is 52.7 Å². The second kappa shape index (κ2) is 29.5. The summed E-state index contributed by atoms with van der Waals surface area (Å²) in [5.41, 5.74) is 29.4. The zero-order valence-corrected chi connectivity index (χ0v) is 41.3. The van der Waals surface area contributed by atoms with Crippen LogP contribution in [0.2, 0.25) is 0 Å². The van der Waals surface area contributed by atoms with Crippen molar-refractivity contribution in [2.45, 2.75) is 113 Å². The lowest BCUT2D eigenvalue weighted by Gasteiger charge is -2.31. The molecular formula is C46H65N13O11S2. The molecule has 72 heavy (non-hydrogen) atoms. The van der Waals surface area contributed by atoms with Crippen molar-refractivity contribution in [1.82, 2.24) is 42.1 Å². The number of amides is 11. The summed E-state index contributed by atoms with van der Waals surface area (Å²) in [4.78, 5) is 149. The molecule has 3 unspecified atom stereocenters. The molecule has 0 aliphatic carbocycles. The molecular weight excluding hydrogens is 975 g/mol. The van der Waals surface area contributed by atoms with Gasteiger partial charge in [0, 0.05) is 37.3 Å². The van der Waals surface area contributed by atoms with Gasteiger partial charge in [-0.3, -0.25) is 52.7 Å². The number of primary amides is 3. The number of unbranched alkanes of at least 4 members (excludes halogenated alkanes) is 1. The molecule has 392 valence electrons. The zero-order valence-electron chi connectivity index (χ0n) is 39.6. The smallest absolute Gasteiger partial charge is 0.246 e. The fraction of sp³-hybridized carbons (Fsp3) is 0.500. The highest BCUT2D eigenvalue weighted by molar-refractivity contribution is 8.76. The van der Waals surface area contributed by atoms with Crippen LogP contribution in [-0.4, -0.2) is 149 Å². The highest BCUT2D eigenvalue weighted by Crippen LogP contribution is 2.26.